The second-order valence-corrected chi connectivity index (χ2v) is 16.6. The van der Waals surface area contributed by atoms with Gasteiger partial charge in [-0.1, -0.05) is 134 Å². The van der Waals surface area contributed by atoms with Crippen LogP contribution in [0.1, 0.15) is 168 Å². The van der Waals surface area contributed by atoms with Crippen molar-refractivity contribution < 1.29 is 63.1 Å². The van der Waals surface area contributed by atoms with Gasteiger partial charge in [0.2, 0.25) is 0 Å². The molecule has 1 aliphatic rings. The zero-order valence-corrected chi connectivity index (χ0v) is 35.8. The Labute approximate surface area is 342 Å². The van der Waals surface area contributed by atoms with E-state index in [1.54, 1.807) is 0 Å². The van der Waals surface area contributed by atoms with Gasteiger partial charge in [0.15, 0.2) is 6.10 Å². The molecule has 8 atom stereocenters. The maximum absolute atomic E-state index is 12.8. The van der Waals surface area contributed by atoms with E-state index >= 15 is 0 Å². The number of rotatable bonds is 35. The number of phosphoric acid groups is 1. The van der Waals surface area contributed by atoms with E-state index in [4.69, 9.17) is 18.5 Å². The zero-order chi connectivity index (χ0) is 42.2. The minimum Gasteiger partial charge on any atom is -0.462 e. The van der Waals surface area contributed by atoms with Crippen LogP contribution in [-0.2, 0) is 32.7 Å². The first kappa shape index (κ1) is 53.1. The maximum Gasteiger partial charge on any atom is 0.472 e. The Balaban J connectivity index is 2.52. The Hall–Kier alpha value is -1.93. The predicted octanol–water partition coefficient (Wildman–Crippen LogP) is 7.83. The van der Waals surface area contributed by atoms with Crippen molar-refractivity contribution in [1.29, 1.82) is 0 Å². The second-order valence-electron chi connectivity index (χ2n) is 15.2. The summed E-state index contributed by atoms with van der Waals surface area (Å²) < 4.78 is 33.4. The van der Waals surface area contributed by atoms with Gasteiger partial charge >= 0.3 is 19.8 Å². The molecule has 0 saturated heterocycles. The van der Waals surface area contributed by atoms with Gasteiger partial charge in [0.25, 0.3) is 0 Å². The number of carbonyl (C=O) groups is 2. The minimum atomic E-state index is -5.12. The van der Waals surface area contributed by atoms with Gasteiger partial charge in [0.1, 0.15) is 43.2 Å². The number of esters is 2. The van der Waals surface area contributed by atoms with Crippen LogP contribution in [0.4, 0.5) is 0 Å². The van der Waals surface area contributed by atoms with Gasteiger partial charge < -0.3 is 39.9 Å². The smallest absolute Gasteiger partial charge is 0.462 e. The molecule has 1 rings (SSSR count). The van der Waals surface area contributed by atoms with Crippen molar-refractivity contribution in [2.45, 2.75) is 211 Å². The number of aliphatic hydroxyl groups is 5. The minimum absolute atomic E-state index is 0.0314. The lowest BCUT2D eigenvalue weighted by Crippen LogP contribution is -2.64. The fourth-order valence-corrected chi connectivity index (χ4v) is 7.34. The van der Waals surface area contributed by atoms with Crippen molar-refractivity contribution >= 4 is 19.8 Å². The van der Waals surface area contributed by atoms with Crippen molar-refractivity contribution in [2.24, 2.45) is 0 Å². The van der Waals surface area contributed by atoms with Crippen LogP contribution in [0.2, 0.25) is 0 Å². The molecule has 57 heavy (non-hydrogen) atoms. The quantitative estimate of drug-likeness (QED) is 0.0156. The summed E-state index contributed by atoms with van der Waals surface area (Å²) in [6.07, 6.45) is 23.7. The second kappa shape index (κ2) is 33.9. The molecule has 13 nitrogen and oxygen atoms in total. The molecule has 6 N–H and O–H groups in total. The molecular weight excluding hydrogens is 755 g/mol. The van der Waals surface area contributed by atoms with Crippen LogP contribution in [0.15, 0.2) is 36.5 Å². The van der Waals surface area contributed by atoms with Crippen LogP contribution < -0.4 is 0 Å². The summed E-state index contributed by atoms with van der Waals surface area (Å²) in [5.74, 6) is -1.16. The van der Waals surface area contributed by atoms with Crippen LogP contribution in [-0.4, -0.2) is 98.3 Å². The molecule has 0 aromatic heterocycles. The first-order valence-corrected chi connectivity index (χ1v) is 23.3. The topological polar surface area (TPSA) is 210 Å². The highest BCUT2D eigenvalue weighted by molar-refractivity contribution is 7.47. The molecule has 0 amide bonds. The van der Waals surface area contributed by atoms with Gasteiger partial charge in [-0.2, -0.15) is 0 Å². The summed E-state index contributed by atoms with van der Waals surface area (Å²) in [4.78, 5) is 35.5. The molecule has 1 aliphatic carbocycles. The van der Waals surface area contributed by atoms with Crippen molar-refractivity contribution in [2.75, 3.05) is 13.2 Å². The third-order valence-electron chi connectivity index (χ3n) is 9.95. The van der Waals surface area contributed by atoms with Crippen LogP contribution in [0.5, 0.6) is 0 Å². The van der Waals surface area contributed by atoms with Crippen molar-refractivity contribution in [3.63, 3.8) is 0 Å². The lowest BCUT2D eigenvalue weighted by atomic mass is 9.85. The standard InChI is InChI=1S/C43H77O13P/c1-3-5-7-9-11-13-15-16-17-18-19-20-22-24-26-28-30-32-37(45)55-35(33-53-36(44)31-29-27-25-23-21-14-12-10-8-6-4-2)34-54-57(51,52)56-43-41(49)39(47)38(46)40(48)42(43)50/h10,12,19-20,24,26,35,38-43,46-50H,3-9,11,13-18,21-23,25,27-34H2,1-2H3,(H,51,52)/b12-10+,20-19+,26-24+/t35-,38?,39-,40?,41?,42?,43?/m1/s1. The normalized spacial score (nSPS) is 23.0. The predicted molar refractivity (Wildman–Crippen MR) is 221 cm³/mol. The summed E-state index contributed by atoms with van der Waals surface area (Å²) in [6, 6.07) is 0. The van der Waals surface area contributed by atoms with E-state index in [0.717, 1.165) is 51.4 Å². The Morgan fingerprint density at radius 1 is 0.544 bits per heavy atom. The fraction of sp³-hybridized carbons (Fsp3) is 0.814. The van der Waals surface area contributed by atoms with Crippen molar-refractivity contribution in [1.82, 2.24) is 0 Å². The number of unbranched alkanes of at least 4 members (excludes halogenated alkanes) is 17. The number of hydrogen-bond donors (Lipinski definition) is 6. The van der Waals surface area contributed by atoms with Crippen molar-refractivity contribution in [3.8, 4) is 0 Å². The molecule has 0 heterocycles. The van der Waals surface area contributed by atoms with Crippen LogP contribution in [0.3, 0.4) is 0 Å². The number of allylic oxidation sites excluding steroid dienone is 6. The molecule has 1 fully saturated rings. The maximum atomic E-state index is 12.8. The van der Waals surface area contributed by atoms with Gasteiger partial charge in [-0.05, 0) is 57.8 Å². The van der Waals surface area contributed by atoms with Gasteiger partial charge in [-0.3, -0.25) is 18.6 Å². The zero-order valence-electron chi connectivity index (χ0n) is 34.9. The SMILES string of the molecule is CCCC/C=C/CCCCCCCC(=O)OC[C@H](COP(=O)(O)OC1C(O)C(O)C(O)[C@@H](O)C1O)OC(=O)CCC/C=C/C/C=C/CCCCCCCCCCC. The summed E-state index contributed by atoms with van der Waals surface area (Å²) in [6.45, 7) is 3.20. The number of aliphatic hydroxyl groups excluding tert-OH is 5. The van der Waals surface area contributed by atoms with Gasteiger partial charge in [0.05, 0.1) is 6.61 Å². The molecule has 0 spiro atoms. The van der Waals surface area contributed by atoms with E-state index in [1.807, 2.05) is 12.2 Å². The van der Waals surface area contributed by atoms with E-state index in [9.17, 15) is 44.6 Å². The van der Waals surface area contributed by atoms with E-state index in [-0.39, 0.29) is 12.8 Å². The first-order chi connectivity index (χ1) is 27.4. The Kier molecular flexibility index (Phi) is 31.5. The van der Waals surface area contributed by atoms with E-state index in [1.165, 1.54) is 70.6 Å². The molecule has 0 aliphatic heterocycles. The Morgan fingerprint density at radius 3 is 1.54 bits per heavy atom. The summed E-state index contributed by atoms with van der Waals surface area (Å²) >= 11 is 0. The van der Waals surface area contributed by atoms with Crippen LogP contribution in [0, 0.1) is 0 Å². The summed E-state index contributed by atoms with van der Waals surface area (Å²) in [7, 11) is -5.12. The molecule has 6 unspecified atom stereocenters. The highest BCUT2D eigenvalue weighted by atomic mass is 31.2. The first-order valence-electron chi connectivity index (χ1n) is 21.8. The molecule has 0 aromatic carbocycles. The molecule has 0 bridgehead atoms. The molecule has 0 aromatic rings. The van der Waals surface area contributed by atoms with Gasteiger partial charge in [-0.15, -0.1) is 0 Å². The van der Waals surface area contributed by atoms with E-state index in [2.05, 4.69) is 38.2 Å². The van der Waals surface area contributed by atoms with Crippen LogP contribution >= 0.6 is 7.82 Å². The molecule has 0 radical (unpaired) electrons. The molecule has 332 valence electrons. The largest absolute Gasteiger partial charge is 0.472 e. The number of carbonyl (C=O) groups excluding carboxylic acids is 2. The lowest BCUT2D eigenvalue weighted by molar-refractivity contribution is -0.220. The third-order valence-corrected chi connectivity index (χ3v) is 10.9. The average molecular weight is 833 g/mol. The molecule has 14 heteroatoms. The molecular formula is C43H77O13P. The summed E-state index contributed by atoms with van der Waals surface area (Å²) in [5, 5.41) is 50.0. The van der Waals surface area contributed by atoms with Crippen LogP contribution in [0.25, 0.3) is 0 Å². The average Bonchev–Trinajstić information content (AvgIpc) is 3.19. The van der Waals surface area contributed by atoms with Gasteiger partial charge in [0, 0.05) is 12.8 Å². The number of phosphoric ester groups is 1. The Morgan fingerprint density at radius 2 is 0.982 bits per heavy atom. The third kappa shape index (κ3) is 26.7. The lowest BCUT2D eigenvalue weighted by Gasteiger charge is -2.41. The van der Waals surface area contributed by atoms with Crippen molar-refractivity contribution in [3.05, 3.63) is 36.5 Å². The van der Waals surface area contributed by atoms with Gasteiger partial charge in [-0.25, -0.2) is 4.57 Å². The molecule has 1 saturated carbocycles. The highest BCUT2D eigenvalue weighted by Gasteiger charge is 2.51. The fourth-order valence-electron chi connectivity index (χ4n) is 6.37. The number of ether oxygens (including phenoxy) is 2. The van der Waals surface area contributed by atoms with E-state index in [0.29, 0.717) is 19.3 Å². The number of hydrogen-bond acceptors (Lipinski definition) is 12. The Bertz CT molecular complexity index is 1150. The summed E-state index contributed by atoms with van der Waals surface area (Å²) in [5.41, 5.74) is 0. The monoisotopic (exact) mass is 833 g/mol. The highest BCUT2D eigenvalue weighted by Crippen LogP contribution is 2.47. The van der Waals surface area contributed by atoms with E-state index < -0.39 is 75.7 Å².